The van der Waals surface area contributed by atoms with Gasteiger partial charge in [-0.3, -0.25) is 33.8 Å². The molecule has 5 amide bonds. The van der Waals surface area contributed by atoms with Gasteiger partial charge in [-0.05, 0) is 81.3 Å². The van der Waals surface area contributed by atoms with Crippen molar-refractivity contribution in [3.63, 3.8) is 0 Å². The molecule has 0 radical (unpaired) electrons. The van der Waals surface area contributed by atoms with Crippen molar-refractivity contribution >= 4 is 46.7 Å². The fraction of sp³-hybridized carbons (Fsp3) is 0.468. The predicted molar refractivity (Wildman–Crippen MR) is 235 cm³/mol. The summed E-state index contributed by atoms with van der Waals surface area (Å²) in [5.74, 6) is -0.329. The number of nitrogen functional groups attached to an aromatic ring is 1. The number of piperidine rings is 2. The van der Waals surface area contributed by atoms with Gasteiger partial charge in [-0.2, -0.15) is 0 Å². The van der Waals surface area contributed by atoms with E-state index in [-0.39, 0.29) is 42.4 Å². The Kier molecular flexibility index (Phi) is 14.0. The van der Waals surface area contributed by atoms with Gasteiger partial charge in [0.2, 0.25) is 11.8 Å². The third-order valence-electron chi connectivity index (χ3n) is 12.0. The van der Waals surface area contributed by atoms with Crippen LogP contribution in [0.4, 0.5) is 5.82 Å². The average Bonchev–Trinajstić information content (AvgIpc) is 3.86. The van der Waals surface area contributed by atoms with Crippen LogP contribution in [0.15, 0.2) is 60.9 Å². The smallest absolute Gasteiger partial charge is 0.266 e. The minimum absolute atomic E-state index is 0.0917. The van der Waals surface area contributed by atoms with Crippen LogP contribution < -0.4 is 15.2 Å². The van der Waals surface area contributed by atoms with Gasteiger partial charge in [0.1, 0.15) is 18.4 Å². The standard InChI is InChI=1S/C47H56N6O8S/c1-47(2,59)33-14-11-13-30(25-33)29-61-37-26-32(27-49-42(37)48)38-28-50-43(62-38)31-20-22-52(23-21-31)40(55)17-9-7-5-4-6-8-10-24-60-36-16-12-15-34-41(36)46(58)53(44(34)56)35-18-19-39(54)51(3)45(35)57/h11-16,25-28,31,35,59H,4-10,17-24,29H2,1-3H3,(H2,48,49). The van der Waals surface area contributed by atoms with Crippen LogP contribution in [0, 0.1) is 0 Å². The number of unbranched alkanes of at least 4 members (excludes halogenated alkanes) is 6. The number of amides is 5. The summed E-state index contributed by atoms with van der Waals surface area (Å²) in [6.45, 7) is 5.64. The van der Waals surface area contributed by atoms with E-state index in [9.17, 15) is 29.1 Å². The molecule has 3 aliphatic rings. The summed E-state index contributed by atoms with van der Waals surface area (Å²) >= 11 is 1.64. The Balaban J connectivity index is 0.768. The van der Waals surface area contributed by atoms with E-state index in [4.69, 9.17) is 20.2 Å². The molecule has 1 atom stereocenters. The van der Waals surface area contributed by atoms with Crippen molar-refractivity contribution in [2.75, 3.05) is 32.5 Å². The van der Waals surface area contributed by atoms with Gasteiger partial charge in [-0.1, -0.05) is 56.4 Å². The van der Waals surface area contributed by atoms with E-state index in [1.165, 1.54) is 7.05 Å². The Morgan fingerprint density at radius 2 is 1.60 bits per heavy atom. The third-order valence-corrected chi connectivity index (χ3v) is 13.3. The molecule has 3 N–H and O–H groups in total. The van der Waals surface area contributed by atoms with E-state index in [0.29, 0.717) is 36.3 Å². The fourth-order valence-electron chi connectivity index (χ4n) is 8.31. The Labute approximate surface area is 366 Å². The number of benzene rings is 2. The summed E-state index contributed by atoms with van der Waals surface area (Å²) < 4.78 is 12.0. The lowest BCUT2D eigenvalue weighted by atomic mass is 9.97. The highest BCUT2D eigenvalue weighted by Crippen LogP contribution is 2.38. The van der Waals surface area contributed by atoms with Crippen LogP contribution in [0.1, 0.15) is 134 Å². The van der Waals surface area contributed by atoms with Crippen LogP contribution in [0.25, 0.3) is 10.4 Å². The van der Waals surface area contributed by atoms with Crippen LogP contribution in [0.3, 0.4) is 0 Å². The van der Waals surface area contributed by atoms with Crippen molar-refractivity contribution in [3.05, 3.63) is 88.2 Å². The summed E-state index contributed by atoms with van der Waals surface area (Å²) in [6.07, 6.45) is 12.9. The maximum absolute atomic E-state index is 13.4. The number of likely N-dealkylation sites (N-methyl/N-ethyl adjacent to an activating group) is 1. The number of nitrogens with two attached hydrogens (primary N) is 1. The van der Waals surface area contributed by atoms with Gasteiger partial charge in [-0.15, -0.1) is 11.3 Å². The number of imide groups is 2. The van der Waals surface area contributed by atoms with Crippen LogP contribution >= 0.6 is 11.3 Å². The second-order valence-corrected chi connectivity index (χ2v) is 18.0. The molecule has 7 rings (SSSR count). The van der Waals surface area contributed by atoms with E-state index >= 15 is 0 Å². The highest BCUT2D eigenvalue weighted by atomic mass is 32.1. The highest BCUT2D eigenvalue weighted by molar-refractivity contribution is 7.15. The van der Waals surface area contributed by atoms with Gasteiger partial charge in [0.05, 0.1) is 33.2 Å². The summed E-state index contributed by atoms with van der Waals surface area (Å²) in [6, 6.07) is 13.5. The van der Waals surface area contributed by atoms with Crippen molar-refractivity contribution in [3.8, 4) is 21.9 Å². The summed E-state index contributed by atoms with van der Waals surface area (Å²) in [7, 11) is 1.37. The number of aromatic nitrogens is 2. The number of carbonyl (C=O) groups excluding carboxylic acids is 5. The van der Waals surface area contributed by atoms with E-state index in [2.05, 4.69) is 4.98 Å². The fourth-order valence-corrected chi connectivity index (χ4v) is 9.38. The van der Waals surface area contributed by atoms with Crippen molar-refractivity contribution in [2.24, 2.45) is 0 Å². The minimum Gasteiger partial charge on any atom is -0.493 e. The Bertz CT molecular complexity index is 2300. The molecule has 4 aromatic rings. The first-order chi connectivity index (χ1) is 29.8. The molecule has 0 saturated carbocycles. The van der Waals surface area contributed by atoms with Crippen LogP contribution in [-0.4, -0.2) is 92.1 Å². The number of pyridine rings is 1. The number of thiazole rings is 1. The molecule has 15 heteroatoms. The molecular formula is C47H56N6O8S. The lowest BCUT2D eigenvalue weighted by molar-refractivity contribution is -0.149. The number of fused-ring (bicyclic) bond motifs is 1. The van der Waals surface area contributed by atoms with Gasteiger partial charge in [0.25, 0.3) is 17.7 Å². The lowest BCUT2D eigenvalue weighted by Crippen LogP contribution is -2.54. The second-order valence-electron chi connectivity index (χ2n) is 17.0. The Morgan fingerprint density at radius 3 is 2.35 bits per heavy atom. The molecule has 62 heavy (non-hydrogen) atoms. The lowest BCUT2D eigenvalue weighted by Gasteiger charge is -2.32. The maximum Gasteiger partial charge on any atom is 0.266 e. The molecule has 3 aliphatic heterocycles. The molecule has 14 nitrogen and oxygen atoms in total. The first-order valence-corrected chi connectivity index (χ1v) is 22.5. The molecule has 328 valence electrons. The van der Waals surface area contributed by atoms with E-state index in [1.807, 2.05) is 41.4 Å². The zero-order valence-corrected chi connectivity index (χ0v) is 36.6. The monoisotopic (exact) mass is 864 g/mol. The number of rotatable bonds is 18. The van der Waals surface area contributed by atoms with Crippen LogP contribution in [0.2, 0.25) is 0 Å². The SMILES string of the molecule is CN1C(=O)CCC(N2C(=O)c3cccc(OCCCCCCCCCC(=O)N4CCC(c5ncc(-c6cnc(N)c(OCc7cccc(C(C)(C)O)c7)c6)s5)CC4)c3C2=O)C1=O. The first-order valence-electron chi connectivity index (χ1n) is 21.7. The number of aliphatic hydroxyl groups is 1. The largest absolute Gasteiger partial charge is 0.493 e. The molecule has 2 fully saturated rings. The molecule has 0 aliphatic carbocycles. The zero-order chi connectivity index (χ0) is 44.0. The highest BCUT2D eigenvalue weighted by Gasteiger charge is 2.47. The van der Waals surface area contributed by atoms with Crippen molar-refractivity contribution in [2.45, 2.75) is 115 Å². The van der Waals surface area contributed by atoms with Crippen LogP contribution in [0.5, 0.6) is 11.5 Å². The molecular weight excluding hydrogens is 809 g/mol. The van der Waals surface area contributed by atoms with E-state index in [1.54, 1.807) is 49.6 Å². The molecule has 2 aromatic carbocycles. The quantitative estimate of drug-likeness (QED) is 0.0759. The first kappa shape index (κ1) is 44.4. The number of likely N-dealkylation sites (tertiary alicyclic amines) is 2. The number of anilines is 1. The number of hydrogen-bond acceptors (Lipinski definition) is 12. The Hall–Kier alpha value is -5.67. The maximum atomic E-state index is 13.4. The number of carbonyl (C=O) groups is 5. The third kappa shape index (κ3) is 10.2. The summed E-state index contributed by atoms with van der Waals surface area (Å²) in [5.41, 5.74) is 8.22. The van der Waals surface area contributed by atoms with Crippen molar-refractivity contribution in [1.82, 2.24) is 24.7 Å². The predicted octanol–water partition coefficient (Wildman–Crippen LogP) is 7.24. The topological polar surface area (TPSA) is 186 Å². The van der Waals surface area contributed by atoms with Gasteiger partial charge in [0, 0.05) is 56.9 Å². The molecule has 2 aromatic heterocycles. The molecule has 0 bridgehead atoms. The second kappa shape index (κ2) is 19.6. The number of ether oxygens (including phenoxy) is 2. The zero-order valence-electron chi connectivity index (χ0n) is 35.8. The summed E-state index contributed by atoms with van der Waals surface area (Å²) in [4.78, 5) is 78.4. The number of nitrogens with zero attached hydrogens (tertiary/aromatic N) is 5. The van der Waals surface area contributed by atoms with E-state index < -0.39 is 29.4 Å². The molecule has 5 heterocycles. The van der Waals surface area contributed by atoms with Crippen LogP contribution in [-0.2, 0) is 26.6 Å². The van der Waals surface area contributed by atoms with Crippen molar-refractivity contribution < 1.29 is 38.6 Å². The van der Waals surface area contributed by atoms with Gasteiger partial charge >= 0.3 is 0 Å². The molecule has 0 spiro atoms. The van der Waals surface area contributed by atoms with Crippen molar-refractivity contribution in [1.29, 1.82) is 0 Å². The number of hydrogen-bond donors (Lipinski definition) is 2. The van der Waals surface area contributed by atoms with Gasteiger partial charge in [-0.25, -0.2) is 9.97 Å². The van der Waals surface area contributed by atoms with E-state index in [0.717, 1.165) is 107 Å². The summed E-state index contributed by atoms with van der Waals surface area (Å²) in [5, 5.41) is 11.4. The normalized spacial score (nSPS) is 17.2. The molecule has 2 saturated heterocycles. The minimum atomic E-state index is -1.000. The van der Waals surface area contributed by atoms with Gasteiger partial charge in [0.15, 0.2) is 11.6 Å². The molecule has 1 unspecified atom stereocenters. The van der Waals surface area contributed by atoms with Gasteiger partial charge < -0.3 is 25.2 Å². The Morgan fingerprint density at radius 1 is 0.871 bits per heavy atom. The average molecular weight is 865 g/mol.